The minimum absolute atomic E-state index is 0.00821. The third-order valence-corrected chi connectivity index (χ3v) is 7.02. The minimum atomic E-state index is -0.421. The molecule has 0 unspecified atom stereocenters. The fourth-order valence-electron chi connectivity index (χ4n) is 4.50. The summed E-state index contributed by atoms with van der Waals surface area (Å²) < 4.78 is 40.4. The van der Waals surface area contributed by atoms with Gasteiger partial charge in [-0.1, -0.05) is 57.2 Å². The lowest BCUT2D eigenvalue weighted by atomic mass is 9.93. The summed E-state index contributed by atoms with van der Waals surface area (Å²) in [6.45, 7) is 13.2. The summed E-state index contributed by atoms with van der Waals surface area (Å²) in [7, 11) is 0. The molecule has 0 aliphatic rings. The summed E-state index contributed by atoms with van der Waals surface area (Å²) in [5.74, 6) is -0.644. The minimum Gasteiger partial charge on any atom is -0.444 e. The monoisotopic (exact) mass is 644 g/mol. The molecule has 2 aromatic carbocycles. The maximum Gasteiger partial charge on any atom is 0.308 e. The molecule has 1 heterocycles. The molecular weight excluding hydrogens is 592 g/mol. The van der Waals surface area contributed by atoms with Crippen LogP contribution in [0.25, 0.3) is 21.8 Å². The van der Waals surface area contributed by atoms with Crippen LogP contribution in [0.4, 0.5) is 0 Å². The van der Waals surface area contributed by atoms with E-state index in [0.717, 1.165) is 34.8 Å². The fourth-order valence-corrected chi connectivity index (χ4v) is 4.50. The highest BCUT2D eigenvalue weighted by atomic mass is 16.6. The molecule has 1 aromatic heterocycles. The number of amides is 1. The Labute approximate surface area is 272 Å². The standard InChI is InChI=1S/C35H52N2O9/c1-35(2,3)14-16-40-18-20-42-22-24-44-26-27-45-25-23-43-21-19-41-17-15-36-33(38)12-13-34(39)46-28-37-31-10-6-4-8-29(31)30-9-5-7-11-32(30)37/h4-11H,12-28H2,1-3H3,(H,36,38). The number of hydrogen-bond donors (Lipinski definition) is 1. The van der Waals surface area contributed by atoms with Crippen LogP contribution >= 0.6 is 0 Å². The smallest absolute Gasteiger partial charge is 0.308 e. The highest BCUT2D eigenvalue weighted by Gasteiger charge is 2.13. The second kappa shape index (κ2) is 21.7. The van der Waals surface area contributed by atoms with Crippen molar-refractivity contribution in [3.05, 3.63) is 48.5 Å². The Morgan fingerprint density at radius 3 is 1.52 bits per heavy atom. The fraction of sp³-hybridized carbons (Fsp3) is 0.600. The predicted octanol–water partition coefficient (Wildman–Crippen LogP) is 4.73. The zero-order valence-corrected chi connectivity index (χ0v) is 27.8. The van der Waals surface area contributed by atoms with Crippen molar-refractivity contribution < 1.29 is 42.7 Å². The van der Waals surface area contributed by atoms with Crippen LogP contribution in [0.2, 0.25) is 0 Å². The molecular formula is C35H52N2O9. The first kappa shape index (κ1) is 37.4. The van der Waals surface area contributed by atoms with Crippen LogP contribution in [0.3, 0.4) is 0 Å². The molecule has 0 aliphatic heterocycles. The van der Waals surface area contributed by atoms with E-state index in [4.69, 9.17) is 33.2 Å². The van der Waals surface area contributed by atoms with E-state index in [1.54, 1.807) is 0 Å². The van der Waals surface area contributed by atoms with Crippen LogP contribution in [0.1, 0.15) is 40.0 Å². The van der Waals surface area contributed by atoms with E-state index in [1.807, 2.05) is 41.0 Å². The molecule has 11 nitrogen and oxygen atoms in total. The number of para-hydroxylation sites is 2. The summed E-state index contributed by atoms with van der Waals surface area (Å²) in [6.07, 6.45) is 1.10. The van der Waals surface area contributed by atoms with E-state index in [-0.39, 0.29) is 25.5 Å². The maximum atomic E-state index is 12.3. The van der Waals surface area contributed by atoms with Crippen LogP contribution in [0.5, 0.6) is 0 Å². The number of esters is 1. The lowest BCUT2D eigenvalue weighted by Crippen LogP contribution is -2.28. The summed E-state index contributed by atoms with van der Waals surface area (Å²) in [6, 6.07) is 16.0. The Bertz CT molecular complexity index is 1230. The molecule has 1 amide bonds. The Morgan fingerprint density at radius 2 is 1.04 bits per heavy atom. The van der Waals surface area contributed by atoms with Gasteiger partial charge in [0.25, 0.3) is 0 Å². The number of benzene rings is 2. The van der Waals surface area contributed by atoms with Gasteiger partial charge in [0.05, 0.1) is 90.1 Å². The van der Waals surface area contributed by atoms with Gasteiger partial charge in [0.1, 0.15) is 0 Å². The zero-order valence-electron chi connectivity index (χ0n) is 27.8. The number of rotatable bonds is 25. The summed E-state index contributed by atoms with van der Waals surface area (Å²) in [5.41, 5.74) is 2.28. The molecule has 0 aliphatic carbocycles. The average molecular weight is 645 g/mol. The van der Waals surface area contributed by atoms with Gasteiger partial charge in [0.2, 0.25) is 5.91 Å². The van der Waals surface area contributed by atoms with Crippen LogP contribution in [-0.2, 0) is 49.5 Å². The van der Waals surface area contributed by atoms with E-state index in [0.29, 0.717) is 84.6 Å². The molecule has 1 N–H and O–H groups in total. The third kappa shape index (κ3) is 15.0. The lowest BCUT2D eigenvalue weighted by molar-refractivity contribution is -0.148. The van der Waals surface area contributed by atoms with Crippen molar-refractivity contribution in [1.82, 2.24) is 9.88 Å². The van der Waals surface area contributed by atoms with Crippen molar-refractivity contribution in [2.75, 3.05) is 85.8 Å². The molecule has 0 saturated carbocycles. The molecule has 0 radical (unpaired) electrons. The van der Waals surface area contributed by atoms with Gasteiger partial charge in [-0.2, -0.15) is 0 Å². The number of aromatic nitrogens is 1. The quantitative estimate of drug-likeness (QED) is 0.103. The molecule has 256 valence electrons. The van der Waals surface area contributed by atoms with Gasteiger partial charge in [-0.25, -0.2) is 0 Å². The molecule has 3 aromatic rings. The highest BCUT2D eigenvalue weighted by molar-refractivity contribution is 6.07. The van der Waals surface area contributed by atoms with Gasteiger partial charge < -0.3 is 43.0 Å². The number of nitrogens with one attached hydrogen (secondary N) is 1. The number of fused-ring (bicyclic) bond motifs is 3. The van der Waals surface area contributed by atoms with Gasteiger partial charge in [-0.3, -0.25) is 9.59 Å². The van der Waals surface area contributed by atoms with Gasteiger partial charge >= 0.3 is 5.97 Å². The van der Waals surface area contributed by atoms with Crippen molar-refractivity contribution in [1.29, 1.82) is 0 Å². The largest absolute Gasteiger partial charge is 0.444 e. The van der Waals surface area contributed by atoms with E-state index in [9.17, 15) is 9.59 Å². The zero-order chi connectivity index (χ0) is 32.9. The molecule has 0 atom stereocenters. The third-order valence-electron chi connectivity index (χ3n) is 7.02. The van der Waals surface area contributed by atoms with E-state index in [1.165, 1.54) is 0 Å². The van der Waals surface area contributed by atoms with Gasteiger partial charge in [-0.15, -0.1) is 0 Å². The molecule has 0 bridgehead atoms. The normalized spacial score (nSPS) is 11.8. The van der Waals surface area contributed by atoms with Gasteiger partial charge in [0.15, 0.2) is 6.73 Å². The Morgan fingerprint density at radius 1 is 0.609 bits per heavy atom. The number of ether oxygens (including phenoxy) is 7. The first-order chi connectivity index (χ1) is 22.3. The number of hydrogen-bond acceptors (Lipinski definition) is 9. The van der Waals surface area contributed by atoms with Gasteiger partial charge in [-0.05, 0) is 24.0 Å². The van der Waals surface area contributed by atoms with E-state index in [2.05, 4.69) is 38.2 Å². The van der Waals surface area contributed by atoms with Crippen LogP contribution in [0.15, 0.2) is 48.5 Å². The van der Waals surface area contributed by atoms with E-state index >= 15 is 0 Å². The summed E-state index contributed by atoms with van der Waals surface area (Å²) >= 11 is 0. The van der Waals surface area contributed by atoms with Crippen molar-refractivity contribution in [2.45, 2.75) is 46.8 Å². The van der Waals surface area contributed by atoms with Crippen molar-refractivity contribution in [3.63, 3.8) is 0 Å². The average Bonchev–Trinajstić information content (AvgIpc) is 3.36. The molecule has 0 saturated heterocycles. The second-order valence-electron chi connectivity index (χ2n) is 11.9. The first-order valence-corrected chi connectivity index (χ1v) is 16.2. The summed E-state index contributed by atoms with van der Waals surface area (Å²) in [4.78, 5) is 24.4. The molecule has 0 fully saturated rings. The second-order valence-corrected chi connectivity index (χ2v) is 11.9. The van der Waals surface area contributed by atoms with Crippen molar-refractivity contribution in [3.8, 4) is 0 Å². The molecule has 3 rings (SSSR count). The van der Waals surface area contributed by atoms with Crippen molar-refractivity contribution >= 4 is 33.7 Å². The molecule has 46 heavy (non-hydrogen) atoms. The Balaban J connectivity index is 1.07. The lowest BCUT2D eigenvalue weighted by Gasteiger charge is -2.17. The van der Waals surface area contributed by atoms with Crippen LogP contribution in [-0.4, -0.2) is 102 Å². The van der Waals surface area contributed by atoms with Crippen LogP contribution < -0.4 is 5.32 Å². The van der Waals surface area contributed by atoms with E-state index < -0.39 is 5.97 Å². The topological polar surface area (TPSA) is 116 Å². The Hall–Kier alpha value is -3.06. The number of carbonyl (C=O) groups is 2. The maximum absolute atomic E-state index is 12.3. The number of carbonyl (C=O) groups excluding carboxylic acids is 2. The SMILES string of the molecule is CC(C)(C)CCOCCOCCOCCOCCOCCOCCNC(=O)CCC(=O)OCn1c2ccccc2c2ccccc21. The van der Waals surface area contributed by atoms with Crippen LogP contribution in [0, 0.1) is 5.41 Å². The highest BCUT2D eigenvalue weighted by Crippen LogP contribution is 2.28. The Kier molecular flexibility index (Phi) is 17.6. The molecule has 0 spiro atoms. The predicted molar refractivity (Wildman–Crippen MR) is 177 cm³/mol. The van der Waals surface area contributed by atoms with Crippen molar-refractivity contribution in [2.24, 2.45) is 5.41 Å². The number of nitrogens with zero attached hydrogens (tertiary/aromatic N) is 1. The first-order valence-electron chi connectivity index (χ1n) is 16.2. The molecule has 11 heteroatoms. The van der Waals surface area contributed by atoms with Gasteiger partial charge in [0, 0.05) is 30.3 Å². The summed E-state index contributed by atoms with van der Waals surface area (Å²) in [5, 5.41) is 4.97.